The first kappa shape index (κ1) is 33.0. The number of nitrogens with two attached hydrogens (primary N) is 1. The normalized spacial score (nSPS) is 12.1. The molecule has 2 aromatic carbocycles. The van der Waals surface area contributed by atoms with Gasteiger partial charge >= 0.3 is 17.9 Å². The first-order valence-corrected chi connectivity index (χ1v) is 13.4. The van der Waals surface area contributed by atoms with Crippen LogP contribution in [0.4, 0.5) is 5.69 Å². The molecule has 230 valence electrons. The molecule has 0 saturated heterocycles. The summed E-state index contributed by atoms with van der Waals surface area (Å²) in [5.74, 6) is -3.30. The molecule has 0 aliphatic heterocycles. The lowest BCUT2D eigenvalue weighted by molar-refractivity contribution is -0.149. The number of hydrogen-bond acceptors (Lipinski definition) is 9. The molecule has 1 aromatic heterocycles. The van der Waals surface area contributed by atoms with Crippen molar-refractivity contribution in [2.24, 2.45) is 5.73 Å². The zero-order valence-corrected chi connectivity index (χ0v) is 23.7. The molecule has 3 aromatic rings. The first-order chi connectivity index (χ1) is 20.8. The molecule has 14 heteroatoms. The predicted octanol–water partition coefficient (Wildman–Crippen LogP) is 1.35. The monoisotopic (exact) mass is 605 g/mol. The Kier molecular flexibility index (Phi) is 10.9. The molecule has 3 rings (SSSR count). The van der Waals surface area contributed by atoms with Gasteiger partial charge in [-0.25, -0.2) is 9.78 Å². The summed E-state index contributed by atoms with van der Waals surface area (Å²) < 4.78 is 0. The van der Waals surface area contributed by atoms with E-state index in [1.54, 1.807) is 42.2 Å². The van der Waals surface area contributed by atoms with Gasteiger partial charge in [0.25, 0.3) is 11.5 Å². The van der Waals surface area contributed by atoms with Crippen molar-refractivity contribution in [3.63, 3.8) is 0 Å². The second-order valence-corrected chi connectivity index (χ2v) is 9.95. The van der Waals surface area contributed by atoms with E-state index in [2.05, 4.69) is 15.9 Å². The number of nitrogens with one attached hydrogen (secondary N) is 1. The number of terminal acetylenes is 1. The number of imide groups is 1. The summed E-state index contributed by atoms with van der Waals surface area (Å²) >= 11 is 0. The molecule has 0 saturated carbocycles. The lowest BCUT2D eigenvalue weighted by Crippen LogP contribution is -2.49. The molecule has 0 fully saturated rings. The number of carbonyl (C=O) groups is 5. The van der Waals surface area contributed by atoms with Crippen molar-refractivity contribution >= 4 is 46.3 Å². The number of anilines is 1. The van der Waals surface area contributed by atoms with Crippen molar-refractivity contribution in [2.45, 2.75) is 51.2 Å². The van der Waals surface area contributed by atoms with E-state index < -0.39 is 61.1 Å². The van der Waals surface area contributed by atoms with Gasteiger partial charge in [-0.1, -0.05) is 12.0 Å². The number of benzene rings is 2. The third-order valence-corrected chi connectivity index (χ3v) is 6.73. The van der Waals surface area contributed by atoms with Crippen LogP contribution in [0.1, 0.15) is 47.4 Å². The second-order valence-electron chi connectivity index (χ2n) is 9.95. The summed E-state index contributed by atoms with van der Waals surface area (Å²) in [5, 5.41) is 28.3. The van der Waals surface area contributed by atoms with Crippen LogP contribution in [0.3, 0.4) is 0 Å². The van der Waals surface area contributed by atoms with Gasteiger partial charge in [0.1, 0.15) is 17.9 Å². The van der Waals surface area contributed by atoms with Crippen LogP contribution in [0.2, 0.25) is 0 Å². The van der Waals surface area contributed by atoms with Crippen LogP contribution in [0.15, 0.2) is 47.3 Å². The number of carbonyl (C=O) groups excluding carboxylic acids is 2. The number of H-pyrrole nitrogens is 1. The highest BCUT2D eigenvalue weighted by atomic mass is 16.4. The van der Waals surface area contributed by atoms with Crippen LogP contribution in [0.25, 0.3) is 10.9 Å². The zero-order valence-electron chi connectivity index (χ0n) is 23.7. The lowest BCUT2D eigenvalue weighted by atomic mass is 10.0. The molecular weight excluding hydrogens is 574 g/mol. The second kappa shape index (κ2) is 14.6. The van der Waals surface area contributed by atoms with Gasteiger partial charge in [0, 0.05) is 30.6 Å². The van der Waals surface area contributed by atoms with E-state index in [4.69, 9.17) is 22.4 Å². The number of aromatic nitrogens is 2. The number of aliphatic carboxylic acids is 3. The van der Waals surface area contributed by atoms with Crippen LogP contribution in [0, 0.1) is 19.3 Å². The molecule has 6 N–H and O–H groups in total. The average molecular weight is 606 g/mol. The SMILES string of the molecule is C#CCN(Cc1ccc2nc(C)[nH]c(=O)c2c1)c1ccc(C(=O)N(C(=O)CC[C@H](N)C(=O)O)[C@H](CCC(=O)O)C(=O)O)cc1. The van der Waals surface area contributed by atoms with Crippen LogP contribution in [-0.2, 0) is 25.7 Å². The predicted molar refractivity (Wildman–Crippen MR) is 158 cm³/mol. The largest absolute Gasteiger partial charge is 0.481 e. The number of aromatic amines is 1. The van der Waals surface area contributed by atoms with E-state index >= 15 is 0 Å². The highest BCUT2D eigenvalue weighted by molar-refractivity contribution is 6.07. The molecule has 0 spiro atoms. The highest BCUT2D eigenvalue weighted by Gasteiger charge is 2.36. The van der Waals surface area contributed by atoms with E-state index in [1.165, 1.54) is 12.1 Å². The summed E-state index contributed by atoms with van der Waals surface area (Å²) in [6.07, 6.45) is 3.44. The smallest absolute Gasteiger partial charge is 0.326 e. The number of amides is 2. The lowest BCUT2D eigenvalue weighted by Gasteiger charge is -2.28. The Morgan fingerprint density at radius 1 is 1.00 bits per heavy atom. The first-order valence-electron chi connectivity index (χ1n) is 13.4. The van der Waals surface area contributed by atoms with Crippen molar-refractivity contribution in [2.75, 3.05) is 11.4 Å². The number of nitrogens with zero attached hydrogens (tertiary/aromatic N) is 3. The number of aryl methyl sites for hydroxylation is 1. The van der Waals surface area contributed by atoms with Crippen LogP contribution in [0.5, 0.6) is 0 Å². The Labute approximate surface area is 251 Å². The van der Waals surface area contributed by atoms with Gasteiger partial charge in [-0.3, -0.25) is 28.9 Å². The summed E-state index contributed by atoms with van der Waals surface area (Å²) in [4.78, 5) is 82.4. The average Bonchev–Trinajstić information content (AvgIpc) is 2.97. The number of carboxylic acid groups (broad SMARTS) is 3. The van der Waals surface area contributed by atoms with E-state index in [-0.39, 0.29) is 30.6 Å². The van der Waals surface area contributed by atoms with E-state index in [1.807, 2.05) is 0 Å². The number of carboxylic acids is 3. The number of hydrogen-bond donors (Lipinski definition) is 5. The zero-order chi connectivity index (χ0) is 32.6. The molecule has 0 radical (unpaired) electrons. The fourth-order valence-corrected chi connectivity index (χ4v) is 4.50. The van der Waals surface area contributed by atoms with Crippen molar-refractivity contribution in [3.05, 3.63) is 69.8 Å². The minimum Gasteiger partial charge on any atom is -0.481 e. The maximum absolute atomic E-state index is 13.5. The Hall–Kier alpha value is -5.55. The molecule has 2 atom stereocenters. The minimum atomic E-state index is -1.82. The van der Waals surface area contributed by atoms with Gasteiger partial charge in [0.15, 0.2) is 0 Å². The Balaban J connectivity index is 1.90. The molecule has 44 heavy (non-hydrogen) atoms. The molecule has 1 heterocycles. The Morgan fingerprint density at radius 2 is 1.68 bits per heavy atom. The van der Waals surface area contributed by atoms with Crippen LogP contribution in [-0.4, -0.2) is 78.5 Å². The van der Waals surface area contributed by atoms with Gasteiger partial charge in [-0.2, -0.15) is 0 Å². The van der Waals surface area contributed by atoms with Gasteiger partial charge in [0.2, 0.25) is 5.91 Å². The molecular formula is C30H31N5O9. The molecule has 0 aliphatic carbocycles. The molecule has 0 unspecified atom stereocenters. The van der Waals surface area contributed by atoms with Crippen molar-refractivity contribution < 1.29 is 39.3 Å². The molecule has 14 nitrogen and oxygen atoms in total. The maximum Gasteiger partial charge on any atom is 0.326 e. The fourth-order valence-electron chi connectivity index (χ4n) is 4.50. The third kappa shape index (κ3) is 8.26. The van der Waals surface area contributed by atoms with Gasteiger partial charge in [-0.05, 0) is 61.7 Å². The molecule has 0 bridgehead atoms. The van der Waals surface area contributed by atoms with Crippen LogP contribution >= 0.6 is 0 Å². The van der Waals surface area contributed by atoms with Gasteiger partial charge in [0.05, 0.1) is 17.4 Å². The Morgan fingerprint density at radius 3 is 2.27 bits per heavy atom. The quantitative estimate of drug-likeness (QED) is 0.164. The fraction of sp³-hybridized carbons (Fsp3) is 0.300. The topological polar surface area (TPSA) is 224 Å². The minimum absolute atomic E-state index is 0.0782. The van der Waals surface area contributed by atoms with E-state index in [0.29, 0.717) is 27.3 Å². The van der Waals surface area contributed by atoms with Crippen molar-refractivity contribution in [3.8, 4) is 12.3 Å². The molecule has 0 aliphatic rings. The summed E-state index contributed by atoms with van der Waals surface area (Å²) in [5.41, 5.74) is 6.96. The third-order valence-electron chi connectivity index (χ3n) is 6.73. The number of fused-ring (bicyclic) bond motifs is 1. The van der Waals surface area contributed by atoms with E-state index in [9.17, 15) is 33.9 Å². The summed E-state index contributed by atoms with van der Waals surface area (Å²) in [6, 6.07) is 7.78. The van der Waals surface area contributed by atoms with Crippen molar-refractivity contribution in [1.29, 1.82) is 0 Å². The van der Waals surface area contributed by atoms with Crippen molar-refractivity contribution in [1.82, 2.24) is 14.9 Å². The standard InChI is InChI=1S/C30H31N5O9/c1-3-14-34(16-18-4-10-23-21(15-18)27(39)33-17(2)32-23)20-7-5-19(6-8-20)28(40)35(24(30(43)44)11-13-26(37)38)25(36)12-9-22(31)29(41)42/h1,4-8,10,15,22,24H,9,11-14,16,31H2,2H3,(H,37,38)(H,41,42)(H,43,44)(H,32,33,39)/t22-,24+/m0/s1. The molecule has 2 amide bonds. The number of rotatable bonds is 14. The Bertz CT molecular complexity index is 1680. The van der Waals surface area contributed by atoms with Crippen LogP contribution < -0.4 is 16.2 Å². The summed E-state index contributed by atoms with van der Waals surface area (Å²) in [6.45, 7) is 2.11. The van der Waals surface area contributed by atoms with Gasteiger partial charge < -0.3 is 30.9 Å². The van der Waals surface area contributed by atoms with Gasteiger partial charge in [-0.15, -0.1) is 6.42 Å². The maximum atomic E-state index is 13.5. The summed E-state index contributed by atoms with van der Waals surface area (Å²) in [7, 11) is 0. The van der Waals surface area contributed by atoms with E-state index in [0.717, 1.165) is 5.56 Å². The highest BCUT2D eigenvalue weighted by Crippen LogP contribution is 2.22.